The molecule has 1 saturated carbocycles. The van der Waals surface area contributed by atoms with Crippen LogP contribution in [0.25, 0.3) is 0 Å². The van der Waals surface area contributed by atoms with E-state index in [0.717, 1.165) is 55.0 Å². The smallest absolute Gasteiger partial charge is 0.253 e. The van der Waals surface area contributed by atoms with Gasteiger partial charge in [-0.25, -0.2) is 0 Å². The zero-order valence-electron chi connectivity index (χ0n) is 16.5. The summed E-state index contributed by atoms with van der Waals surface area (Å²) in [6.45, 7) is 3.50. The predicted molar refractivity (Wildman–Crippen MR) is 120 cm³/mol. The van der Waals surface area contributed by atoms with Gasteiger partial charge in [0.1, 0.15) is 0 Å². The van der Waals surface area contributed by atoms with Crippen LogP contribution in [0.1, 0.15) is 40.7 Å². The molecule has 1 N–H and O–H groups in total. The third kappa shape index (κ3) is 4.03. The fraction of sp³-hybridized carbons (Fsp3) is 0.391. The Morgan fingerprint density at radius 1 is 1.10 bits per heavy atom. The van der Waals surface area contributed by atoms with E-state index in [4.69, 9.17) is 11.6 Å². The third-order valence-electron chi connectivity index (χ3n) is 6.05. The lowest BCUT2D eigenvalue weighted by atomic mass is 9.63. The molecule has 4 nitrogen and oxygen atoms in total. The molecule has 1 heterocycles. The summed E-state index contributed by atoms with van der Waals surface area (Å²) in [6.07, 6.45) is 2.63. The summed E-state index contributed by atoms with van der Waals surface area (Å²) in [6, 6.07) is 13.2. The Kier molecular flexibility index (Phi) is 5.88. The summed E-state index contributed by atoms with van der Waals surface area (Å²) in [5.41, 5.74) is 2.71. The molecule has 0 unspecified atom stereocenters. The summed E-state index contributed by atoms with van der Waals surface area (Å²) in [5.74, 6) is 1.97. The van der Waals surface area contributed by atoms with Crippen molar-refractivity contribution in [2.75, 3.05) is 29.9 Å². The molecule has 4 rings (SSSR count). The Labute approximate surface area is 181 Å². The minimum absolute atomic E-state index is 0.0203. The number of nitrogens with one attached hydrogen (secondary N) is 1. The van der Waals surface area contributed by atoms with E-state index in [2.05, 4.69) is 5.32 Å². The summed E-state index contributed by atoms with van der Waals surface area (Å²) >= 11 is 8.05. The minimum Gasteiger partial charge on any atom is -0.337 e. The molecular weight excluding hydrogens is 404 g/mol. The predicted octanol–water partition coefficient (Wildman–Crippen LogP) is 4.90. The zero-order chi connectivity index (χ0) is 20.4. The van der Waals surface area contributed by atoms with Crippen LogP contribution < -0.4 is 5.32 Å². The van der Waals surface area contributed by atoms with Crippen LogP contribution in [0.3, 0.4) is 0 Å². The van der Waals surface area contributed by atoms with Crippen LogP contribution in [0.5, 0.6) is 0 Å². The summed E-state index contributed by atoms with van der Waals surface area (Å²) < 4.78 is 0. The van der Waals surface area contributed by atoms with Gasteiger partial charge in [-0.2, -0.15) is 11.8 Å². The van der Waals surface area contributed by atoms with Gasteiger partial charge in [0.25, 0.3) is 5.91 Å². The Morgan fingerprint density at radius 2 is 1.86 bits per heavy atom. The number of carbonyl (C=O) groups is 2. The molecule has 152 valence electrons. The number of halogens is 1. The molecule has 0 aromatic heterocycles. The second-order valence-corrected chi connectivity index (χ2v) is 9.50. The van der Waals surface area contributed by atoms with Crippen LogP contribution >= 0.6 is 23.4 Å². The van der Waals surface area contributed by atoms with Crippen molar-refractivity contribution in [3.63, 3.8) is 0 Å². The van der Waals surface area contributed by atoms with Crippen LogP contribution in [-0.4, -0.2) is 41.3 Å². The SMILES string of the molecule is Cc1ccc(C(=O)N2CCSCC2)cc1NC(=O)C1(c2cccc(Cl)c2)CCC1. The number of hydrogen-bond donors (Lipinski definition) is 1. The van der Waals surface area contributed by atoms with E-state index < -0.39 is 5.41 Å². The summed E-state index contributed by atoms with van der Waals surface area (Å²) in [7, 11) is 0. The average Bonchev–Trinajstić information content (AvgIpc) is 2.69. The lowest BCUT2D eigenvalue weighted by Crippen LogP contribution is -2.46. The number of carbonyl (C=O) groups excluding carboxylic acids is 2. The van der Waals surface area contributed by atoms with Gasteiger partial charge in [-0.1, -0.05) is 36.2 Å². The first-order chi connectivity index (χ1) is 14.0. The van der Waals surface area contributed by atoms with Crippen molar-refractivity contribution < 1.29 is 9.59 Å². The quantitative estimate of drug-likeness (QED) is 0.753. The summed E-state index contributed by atoms with van der Waals surface area (Å²) in [4.78, 5) is 28.1. The highest BCUT2D eigenvalue weighted by Gasteiger charge is 2.45. The molecule has 0 atom stereocenters. The topological polar surface area (TPSA) is 49.4 Å². The molecule has 2 aromatic rings. The molecule has 2 aromatic carbocycles. The van der Waals surface area contributed by atoms with Crippen LogP contribution in [0.4, 0.5) is 5.69 Å². The van der Waals surface area contributed by atoms with Crippen molar-refractivity contribution in [2.24, 2.45) is 0 Å². The van der Waals surface area contributed by atoms with Gasteiger partial charge in [-0.05, 0) is 55.2 Å². The van der Waals surface area contributed by atoms with Crippen molar-refractivity contribution >= 4 is 40.9 Å². The molecule has 6 heteroatoms. The van der Waals surface area contributed by atoms with Gasteiger partial charge in [-0.15, -0.1) is 0 Å². The Balaban J connectivity index is 1.57. The molecule has 2 aliphatic rings. The van der Waals surface area contributed by atoms with E-state index in [9.17, 15) is 9.59 Å². The van der Waals surface area contributed by atoms with Crippen LogP contribution in [-0.2, 0) is 10.2 Å². The molecule has 2 fully saturated rings. The van der Waals surface area contributed by atoms with Crippen LogP contribution in [0.15, 0.2) is 42.5 Å². The number of anilines is 1. The number of hydrogen-bond acceptors (Lipinski definition) is 3. The Hall–Kier alpha value is -1.98. The Morgan fingerprint density at radius 3 is 2.52 bits per heavy atom. The molecule has 1 aliphatic heterocycles. The number of aryl methyl sites for hydroxylation is 1. The van der Waals surface area contributed by atoms with Gasteiger partial charge in [-0.3, -0.25) is 9.59 Å². The number of amides is 2. The highest BCUT2D eigenvalue weighted by Crippen LogP contribution is 2.45. The lowest BCUT2D eigenvalue weighted by Gasteiger charge is -2.41. The summed E-state index contributed by atoms with van der Waals surface area (Å²) in [5, 5.41) is 3.76. The Bertz CT molecular complexity index is 936. The van der Waals surface area contributed by atoms with E-state index in [0.29, 0.717) is 16.3 Å². The van der Waals surface area contributed by atoms with Gasteiger partial charge < -0.3 is 10.2 Å². The van der Waals surface area contributed by atoms with Crippen molar-refractivity contribution in [2.45, 2.75) is 31.6 Å². The number of rotatable bonds is 4. The fourth-order valence-corrected chi connectivity index (χ4v) is 5.14. The first-order valence-electron chi connectivity index (χ1n) is 10.0. The van der Waals surface area contributed by atoms with E-state index in [1.165, 1.54) is 0 Å². The highest BCUT2D eigenvalue weighted by atomic mass is 35.5. The monoisotopic (exact) mass is 428 g/mol. The van der Waals surface area contributed by atoms with Gasteiger partial charge in [0.05, 0.1) is 5.41 Å². The molecule has 1 saturated heterocycles. The van der Waals surface area contributed by atoms with Gasteiger partial charge in [0, 0.05) is 40.9 Å². The van der Waals surface area contributed by atoms with E-state index in [1.807, 2.05) is 66.1 Å². The molecule has 0 radical (unpaired) electrons. The second-order valence-electron chi connectivity index (χ2n) is 7.83. The zero-order valence-corrected chi connectivity index (χ0v) is 18.1. The standard InChI is InChI=1S/C23H25ClN2O2S/c1-16-6-7-17(21(27)26-10-12-29-13-11-26)14-20(16)25-22(28)23(8-3-9-23)18-4-2-5-19(24)15-18/h2,4-7,14-15H,3,8-13H2,1H3,(H,25,28). The molecule has 0 bridgehead atoms. The van der Waals surface area contributed by atoms with E-state index in [-0.39, 0.29) is 11.8 Å². The van der Waals surface area contributed by atoms with Crippen molar-refractivity contribution in [1.82, 2.24) is 4.90 Å². The molecule has 1 aliphatic carbocycles. The maximum atomic E-state index is 13.3. The lowest BCUT2D eigenvalue weighted by molar-refractivity contribution is -0.124. The largest absolute Gasteiger partial charge is 0.337 e. The van der Waals surface area contributed by atoms with Crippen molar-refractivity contribution in [3.8, 4) is 0 Å². The molecule has 2 amide bonds. The highest BCUT2D eigenvalue weighted by molar-refractivity contribution is 7.99. The maximum absolute atomic E-state index is 13.3. The second kappa shape index (κ2) is 8.41. The average molecular weight is 429 g/mol. The van der Waals surface area contributed by atoms with Crippen molar-refractivity contribution in [3.05, 3.63) is 64.2 Å². The van der Waals surface area contributed by atoms with Gasteiger partial charge in [0.15, 0.2) is 0 Å². The number of benzene rings is 2. The third-order valence-corrected chi connectivity index (χ3v) is 7.23. The van der Waals surface area contributed by atoms with Crippen LogP contribution in [0, 0.1) is 6.92 Å². The minimum atomic E-state index is -0.540. The maximum Gasteiger partial charge on any atom is 0.253 e. The van der Waals surface area contributed by atoms with Crippen LogP contribution in [0.2, 0.25) is 5.02 Å². The normalized spacial score (nSPS) is 18.1. The number of thioether (sulfide) groups is 1. The molecule has 0 spiro atoms. The van der Waals surface area contributed by atoms with Crippen molar-refractivity contribution in [1.29, 1.82) is 0 Å². The van der Waals surface area contributed by atoms with E-state index in [1.54, 1.807) is 0 Å². The molecular formula is C23H25ClN2O2S. The fourth-order valence-electron chi connectivity index (χ4n) is 4.04. The first kappa shape index (κ1) is 20.3. The number of nitrogens with zero attached hydrogens (tertiary/aromatic N) is 1. The van der Waals surface area contributed by atoms with Gasteiger partial charge in [0.2, 0.25) is 5.91 Å². The molecule has 29 heavy (non-hydrogen) atoms. The van der Waals surface area contributed by atoms with E-state index >= 15 is 0 Å². The van der Waals surface area contributed by atoms with Gasteiger partial charge >= 0.3 is 0 Å². The first-order valence-corrected chi connectivity index (χ1v) is 11.6.